The van der Waals surface area contributed by atoms with Gasteiger partial charge in [-0.25, -0.2) is 0 Å². The fourth-order valence-electron chi connectivity index (χ4n) is 19.2. The fourth-order valence-corrected chi connectivity index (χ4v) is 19.2. The van der Waals surface area contributed by atoms with Gasteiger partial charge in [0.2, 0.25) is 0 Å². The number of rotatable bonds is 18. The Morgan fingerprint density at radius 2 is 0.351 bits per heavy atom. The van der Waals surface area contributed by atoms with Crippen molar-refractivity contribution in [1.29, 1.82) is 0 Å². The lowest BCUT2D eigenvalue weighted by Crippen LogP contribution is -2.19. The molecule has 12 bridgehead atoms. The maximum Gasteiger partial charge on any atom is 0.193 e. The van der Waals surface area contributed by atoms with Crippen LogP contribution in [0.3, 0.4) is 0 Å². The molecule has 576 valence electrons. The summed E-state index contributed by atoms with van der Waals surface area (Å²) in [7, 11) is 0. The van der Waals surface area contributed by atoms with Crippen LogP contribution in [0.5, 0.6) is 0 Å². The average molecular weight is 1500 g/mol. The minimum absolute atomic E-state index is 0.0936. The Balaban J connectivity index is 1.17. The highest BCUT2D eigenvalue weighted by molar-refractivity contribution is 6.17. The van der Waals surface area contributed by atoms with Crippen molar-refractivity contribution in [3.05, 3.63) is 419 Å². The molecule has 0 saturated heterocycles. The molecule has 0 amide bonds. The second-order valence-electron chi connectivity index (χ2n) is 33.1. The number of hydrogen-bond acceptors (Lipinski definition) is 6. The topological polar surface area (TPSA) is 102 Å². The van der Waals surface area contributed by atoms with E-state index in [4.69, 9.17) is 0 Å². The molecule has 1 aliphatic carbocycles. The van der Waals surface area contributed by atoms with Crippen molar-refractivity contribution in [3.8, 4) is 0 Å². The normalized spacial score (nSPS) is 16.1. The summed E-state index contributed by atoms with van der Waals surface area (Å²) in [6.45, 7) is 37.3. The highest BCUT2D eigenvalue weighted by Gasteiger charge is 2.35. The zero-order valence-corrected chi connectivity index (χ0v) is 69.9. The molecule has 0 radical (unpaired) electrons. The van der Waals surface area contributed by atoms with Gasteiger partial charge in [-0.3, -0.25) is 28.8 Å². The minimum atomic E-state index is -0.435. The number of benzene rings is 12. The van der Waals surface area contributed by atoms with Crippen molar-refractivity contribution < 1.29 is 28.8 Å². The zero-order chi connectivity index (χ0) is 81.4. The summed E-state index contributed by atoms with van der Waals surface area (Å²) in [6, 6.07) is 74.4. The summed E-state index contributed by atoms with van der Waals surface area (Å²) in [4.78, 5) is 96.7. The van der Waals surface area contributed by atoms with Crippen LogP contribution in [0.15, 0.2) is 218 Å². The molecule has 6 atom stereocenters. The van der Waals surface area contributed by atoms with Crippen LogP contribution in [0.25, 0.3) is 0 Å². The van der Waals surface area contributed by atoms with Crippen LogP contribution < -0.4 is 0 Å². The summed E-state index contributed by atoms with van der Waals surface area (Å²) in [5, 5.41) is 0. The first-order valence-electron chi connectivity index (χ1n) is 41.2. The van der Waals surface area contributed by atoms with E-state index in [0.717, 1.165) is 134 Å². The quantitative estimate of drug-likeness (QED) is 0.0793. The van der Waals surface area contributed by atoms with Gasteiger partial charge < -0.3 is 0 Å². The van der Waals surface area contributed by atoms with Gasteiger partial charge in [-0.05, 0) is 273 Å². The first-order valence-corrected chi connectivity index (χ1v) is 41.2. The summed E-state index contributed by atoms with van der Waals surface area (Å²) in [6.07, 6.45) is 3.46. The van der Waals surface area contributed by atoms with Crippen LogP contribution in [0, 0.1) is 83.1 Å². The van der Waals surface area contributed by atoms with Crippen molar-refractivity contribution in [2.45, 2.75) is 199 Å². The largest absolute Gasteiger partial charge is 0.289 e. The third-order valence-electron chi connectivity index (χ3n) is 23.9. The highest BCUT2D eigenvalue weighted by atomic mass is 16.1. The summed E-state index contributed by atoms with van der Waals surface area (Å²) >= 11 is 0. The standard InChI is InChI=1S/C108H108O6/c1-19-85-73-27-25-29-75(53-73)87(21-3)95-57-98(102(108(114)84-51-71(17)40-72(18)52-84)59-99(95)105(111)81-45-65(11)37-66(12)46-81)90(24-6)78-32-34-92(104(110)80-43-63(9)36-64(10)44-80)94(56-78)86(20-2)74-28-26-30-76(54-74)88(22-4)96-58-97(89(23-5)77-31-33-91(93(85)55-77)103(109)79-41-61(7)35-62(8)42-79)101(107(113)83-49-69(15)39-70(16)50-83)60-100(96)106(112)82-47-67(13)38-68(14)48-82/h25-60,85-90H,19-24H2,1-18H3. The van der Waals surface area contributed by atoms with Gasteiger partial charge in [-0.2, -0.15) is 0 Å². The first kappa shape index (κ1) is 80.7. The molecule has 12 aromatic rings. The second-order valence-corrected chi connectivity index (χ2v) is 33.1. The molecule has 6 heteroatoms. The van der Waals surface area contributed by atoms with E-state index in [2.05, 4.69) is 163 Å². The van der Waals surface area contributed by atoms with Crippen LogP contribution in [0.2, 0.25) is 0 Å². The van der Waals surface area contributed by atoms with Gasteiger partial charge >= 0.3 is 0 Å². The van der Waals surface area contributed by atoms with E-state index in [1.807, 2.05) is 180 Å². The number of hydrogen-bond donors (Lipinski definition) is 0. The summed E-state index contributed by atoms with van der Waals surface area (Å²) < 4.78 is 0. The number of ketones is 6. The van der Waals surface area contributed by atoms with E-state index in [1.165, 1.54) is 0 Å². The van der Waals surface area contributed by atoms with Gasteiger partial charge in [0.05, 0.1) is 0 Å². The van der Waals surface area contributed by atoms with Gasteiger partial charge in [0.15, 0.2) is 34.7 Å². The zero-order valence-electron chi connectivity index (χ0n) is 69.9. The number of carbonyl (C=O) groups is 6. The predicted molar refractivity (Wildman–Crippen MR) is 468 cm³/mol. The van der Waals surface area contributed by atoms with E-state index in [0.29, 0.717) is 105 Å². The smallest absolute Gasteiger partial charge is 0.193 e. The molecule has 12 aromatic carbocycles. The Bertz CT molecular complexity index is 5370. The molecule has 0 aromatic heterocycles. The van der Waals surface area contributed by atoms with E-state index < -0.39 is 23.7 Å². The molecule has 0 saturated carbocycles. The molecule has 0 spiro atoms. The van der Waals surface area contributed by atoms with Crippen LogP contribution in [-0.2, 0) is 0 Å². The van der Waals surface area contributed by atoms with Gasteiger partial charge in [0, 0.05) is 102 Å². The van der Waals surface area contributed by atoms with Gasteiger partial charge in [-0.1, -0.05) is 242 Å². The molecule has 0 heterocycles. The monoisotopic (exact) mass is 1500 g/mol. The van der Waals surface area contributed by atoms with E-state index in [9.17, 15) is 0 Å². The molecule has 6 nitrogen and oxygen atoms in total. The van der Waals surface area contributed by atoms with Crippen molar-refractivity contribution in [2.24, 2.45) is 0 Å². The molecular formula is C108H108O6. The molecule has 6 unspecified atom stereocenters. The van der Waals surface area contributed by atoms with E-state index >= 15 is 28.8 Å². The van der Waals surface area contributed by atoms with Crippen molar-refractivity contribution in [3.63, 3.8) is 0 Å². The lowest BCUT2D eigenvalue weighted by Gasteiger charge is -2.29. The number of aryl methyl sites for hydroxylation is 12. The molecule has 114 heavy (non-hydrogen) atoms. The molecular weight excluding hydrogens is 1390 g/mol. The van der Waals surface area contributed by atoms with E-state index in [-0.39, 0.29) is 46.5 Å². The van der Waals surface area contributed by atoms with Crippen molar-refractivity contribution >= 4 is 34.7 Å². The van der Waals surface area contributed by atoms with E-state index in [1.54, 1.807) is 0 Å². The molecule has 13 rings (SSSR count). The van der Waals surface area contributed by atoms with Crippen LogP contribution in [0.4, 0.5) is 0 Å². The summed E-state index contributed by atoms with van der Waals surface area (Å²) in [5.74, 6) is -3.28. The predicted octanol–water partition coefficient (Wildman–Crippen LogP) is 26.3. The Hall–Kier alpha value is -11.3. The molecule has 0 fully saturated rings. The molecule has 0 N–H and O–H groups in total. The second kappa shape index (κ2) is 33.8. The third-order valence-corrected chi connectivity index (χ3v) is 23.9. The van der Waals surface area contributed by atoms with Gasteiger partial charge in [0.25, 0.3) is 0 Å². The summed E-state index contributed by atoms with van der Waals surface area (Å²) in [5.41, 5.74) is 28.4. The van der Waals surface area contributed by atoms with Crippen LogP contribution in [0.1, 0.15) is 345 Å². The Kier molecular flexibility index (Phi) is 23.9. The maximum absolute atomic E-state index is 16.3. The lowest BCUT2D eigenvalue weighted by atomic mass is 9.74. The maximum atomic E-state index is 16.3. The molecule has 1 aliphatic rings. The van der Waals surface area contributed by atoms with Crippen molar-refractivity contribution in [2.75, 3.05) is 0 Å². The Morgan fingerprint density at radius 3 is 0.535 bits per heavy atom. The van der Waals surface area contributed by atoms with Gasteiger partial charge in [0.1, 0.15) is 0 Å². The fraction of sp³-hybridized carbons (Fsp3) is 0.278. The first-order chi connectivity index (χ1) is 54.6. The number of carbonyl (C=O) groups excluding carboxylic acids is 6. The third kappa shape index (κ3) is 16.4. The van der Waals surface area contributed by atoms with Crippen LogP contribution >= 0.6 is 0 Å². The van der Waals surface area contributed by atoms with Crippen LogP contribution in [-0.4, -0.2) is 34.7 Å². The van der Waals surface area contributed by atoms with Gasteiger partial charge in [-0.15, -0.1) is 0 Å². The SMILES string of the molecule is CCC1c2cccc(c2)C(CC)c2cc(c(C(=O)c3cc(C)cc(C)c3)cc2C(=O)c2cc(C)cc(C)c2)C(CC)c2ccc(C(=O)c3cc(C)cc(C)c3)c(c2)C(CC)c2cccc(c2)C(CC)c2cc(c(C(=O)c3cc(C)cc(C)c3)cc2C(=O)c2cc(C)cc(C)c2)C(CC)c2ccc(C(=O)c3cc(C)cc(C)c3)c1c2. The van der Waals surface area contributed by atoms with Crippen molar-refractivity contribution in [1.82, 2.24) is 0 Å². The minimum Gasteiger partial charge on any atom is -0.289 e. The highest BCUT2D eigenvalue weighted by Crippen LogP contribution is 2.47. The number of fused-ring (bicyclic) bond motifs is 12. The average Bonchev–Trinajstić information content (AvgIpc) is 0.760. The Morgan fingerprint density at radius 1 is 0.184 bits per heavy atom. The molecule has 0 aliphatic heterocycles. The Labute approximate surface area is 676 Å². The lowest BCUT2D eigenvalue weighted by molar-refractivity contribution is 0.102.